The van der Waals surface area contributed by atoms with Gasteiger partial charge in [-0.25, -0.2) is 9.97 Å². The highest BCUT2D eigenvalue weighted by Gasteiger charge is 2.13. The van der Waals surface area contributed by atoms with Crippen LogP contribution in [0.25, 0.3) is 0 Å². The number of aliphatic imine (C=N–C) groups is 1. The zero-order valence-electron chi connectivity index (χ0n) is 12.8. The number of aromatic nitrogens is 2. The van der Waals surface area contributed by atoms with Crippen molar-refractivity contribution in [3.63, 3.8) is 0 Å². The molecule has 0 N–H and O–H groups in total. The first kappa shape index (κ1) is 17.1. The molecule has 0 radical (unpaired) electrons. The summed E-state index contributed by atoms with van der Waals surface area (Å²) in [5.74, 6) is -0.232. The number of hydrogen-bond donors (Lipinski definition) is 0. The van der Waals surface area contributed by atoms with Crippen molar-refractivity contribution in [1.82, 2.24) is 14.9 Å². The SMILES string of the molecule is CN(C=O)CCOC(=O)CSc1nccc(C2CC=CC=N2)n1. The van der Waals surface area contributed by atoms with E-state index in [1.54, 1.807) is 19.5 Å². The molecule has 1 aromatic heterocycles. The second-order valence-corrected chi connectivity index (χ2v) is 5.78. The molecule has 0 saturated heterocycles. The summed E-state index contributed by atoms with van der Waals surface area (Å²) in [6.45, 7) is 0.553. The molecule has 0 fully saturated rings. The molecule has 0 saturated carbocycles. The Bertz CT molecular complexity index is 606. The lowest BCUT2D eigenvalue weighted by molar-refractivity contribution is -0.141. The molecule has 2 heterocycles. The number of carbonyl (C=O) groups excluding carboxylic acids is 2. The topological polar surface area (TPSA) is 84.8 Å². The van der Waals surface area contributed by atoms with Crippen LogP contribution in [-0.2, 0) is 14.3 Å². The fourth-order valence-electron chi connectivity index (χ4n) is 1.81. The monoisotopic (exact) mass is 334 g/mol. The van der Waals surface area contributed by atoms with Gasteiger partial charge in [-0.15, -0.1) is 0 Å². The maximum absolute atomic E-state index is 11.6. The smallest absolute Gasteiger partial charge is 0.316 e. The van der Waals surface area contributed by atoms with Gasteiger partial charge in [0.1, 0.15) is 6.61 Å². The third kappa shape index (κ3) is 5.82. The van der Waals surface area contributed by atoms with Crippen LogP contribution in [0.2, 0.25) is 0 Å². The second-order valence-electron chi connectivity index (χ2n) is 4.84. The molecule has 0 aliphatic carbocycles. The fraction of sp³-hybridized carbons (Fsp3) is 0.400. The van der Waals surface area contributed by atoms with Crippen molar-refractivity contribution in [1.29, 1.82) is 0 Å². The van der Waals surface area contributed by atoms with Gasteiger partial charge in [0.2, 0.25) is 6.41 Å². The van der Waals surface area contributed by atoms with Gasteiger partial charge in [0.05, 0.1) is 24.0 Å². The normalized spacial score (nSPS) is 16.1. The number of hydrogen-bond acceptors (Lipinski definition) is 7. The van der Waals surface area contributed by atoms with E-state index in [2.05, 4.69) is 15.0 Å². The number of nitrogens with zero attached hydrogens (tertiary/aromatic N) is 4. The summed E-state index contributed by atoms with van der Waals surface area (Å²) in [6, 6.07) is 1.84. The van der Waals surface area contributed by atoms with Crippen molar-refractivity contribution in [2.75, 3.05) is 26.0 Å². The van der Waals surface area contributed by atoms with Gasteiger partial charge in [0.25, 0.3) is 0 Å². The summed E-state index contributed by atoms with van der Waals surface area (Å²) < 4.78 is 5.03. The predicted molar refractivity (Wildman–Crippen MR) is 87.4 cm³/mol. The van der Waals surface area contributed by atoms with Gasteiger partial charge in [-0.2, -0.15) is 0 Å². The van der Waals surface area contributed by atoms with Gasteiger partial charge in [0.15, 0.2) is 5.16 Å². The Morgan fingerprint density at radius 3 is 3.17 bits per heavy atom. The second kappa shape index (κ2) is 9.04. The van der Waals surface area contributed by atoms with E-state index < -0.39 is 0 Å². The van der Waals surface area contributed by atoms with Crippen molar-refractivity contribution in [3.8, 4) is 0 Å². The number of carbonyl (C=O) groups is 2. The van der Waals surface area contributed by atoms with E-state index in [4.69, 9.17) is 4.74 Å². The Kier molecular flexibility index (Phi) is 6.74. The summed E-state index contributed by atoms with van der Waals surface area (Å²) >= 11 is 1.22. The molecular formula is C15H18N4O3S. The van der Waals surface area contributed by atoms with Crippen LogP contribution < -0.4 is 0 Å². The first-order valence-corrected chi connectivity index (χ1v) is 8.13. The predicted octanol–water partition coefficient (Wildman–Crippen LogP) is 1.27. The summed E-state index contributed by atoms with van der Waals surface area (Å²) in [5.41, 5.74) is 0.837. The summed E-state index contributed by atoms with van der Waals surface area (Å²) in [5, 5.41) is 0.522. The maximum Gasteiger partial charge on any atom is 0.316 e. The minimum absolute atomic E-state index is 0.00757. The van der Waals surface area contributed by atoms with E-state index in [0.29, 0.717) is 18.1 Å². The van der Waals surface area contributed by atoms with Crippen LogP contribution in [0.4, 0.5) is 0 Å². The molecule has 0 bridgehead atoms. The van der Waals surface area contributed by atoms with Gasteiger partial charge < -0.3 is 9.64 Å². The van der Waals surface area contributed by atoms with Crippen molar-refractivity contribution in [2.45, 2.75) is 17.6 Å². The first-order valence-electron chi connectivity index (χ1n) is 7.14. The number of allylic oxidation sites excluding steroid dienone is 1. The van der Waals surface area contributed by atoms with Crippen LogP contribution in [0.5, 0.6) is 0 Å². The van der Waals surface area contributed by atoms with E-state index in [1.807, 2.05) is 18.2 Å². The van der Waals surface area contributed by atoms with E-state index in [0.717, 1.165) is 12.1 Å². The van der Waals surface area contributed by atoms with E-state index in [1.165, 1.54) is 16.7 Å². The number of ether oxygens (including phenoxy) is 1. The van der Waals surface area contributed by atoms with Gasteiger partial charge in [-0.1, -0.05) is 17.8 Å². The standard InChI is InChI=1S/C15H18N4O3S/c1-19(11-20)8-9-22-14(21)10-23-15-17-7-5-13(18-15)12-4-2-3-6-16-12/h2-3,5-7,11-12H,4,8-10H2,1H3. The minimum atomic E-state index is -0.359. The first-order chi connectivity index (χ1) is 11.2. The highest BCUT2D eigenvalue weighted by atomic mass is 32.2. The van der Waals surface area contributed by atoms with Gasteiger partial charge >= 0.3 is 5.97 Å². The molecule has 1 unspecified atom stereocenters. The molecule has 1 amide bonds. The Balaban J connectivity index is 1.79. The summed E-state index contributed by atoms with van der Waals surface area (Å²) in [7, 11) is 1.62. The van der Waals surface area contributed by atoms with E-state index in [9.17, 15) is 9.59 Å². The largest absolute Gasteiger partial charge is 0.463 e. The third-order valence-corrected chi connectivity index (χ3v) is 3.88. The Morgan fingerprint density at radius 1 is 1.57 bits per heavy atom. The fourth-order valence-corrected chi connectivity index (χ4v) is 2.45. The quantitative estimate of drug-likeness (QED) is 0.308. The van der Waals surface area contributed by atoms with Crippen molar-refractivity contribution < 1.29 is 14.3 Å². The van der Waals surface area contributed by atoms with Gasteiger partial charge in [-0.05, 0) is 18.6 Å². The molecule has 8 heteroatoms. The molecule has 0 spiro atoms. The number of amides is 1. The average molecular weight is 334 g/mol. The van der Waals surface area contributed by atoms with Crippen molar-refractivity contribution in [3.05, 3.63) is 30.1 Å². The number of esters is 1. The molecule has 7 nitrogen and oxygen atoms in total. The number of thioether (sulfide) groups is 1. The van der Waals surface area contributed by atoms with Crippen LogP contribution in [0.3, 0.4) is 0 Å². The van der Waals surface area contributed by atoms with Crippen LogP contribution in [0.1, 0.15) is 18.2 Å². The van der Waals surface area contributed by atoms with Crippen molar-refractivity contribution >= 4 is 30.4 Å². The molecule has 1 aliphatic rings. The zero-order valence-corrected chi connectivity index (χ0v) is 13.6. The molecular weight excluding hydrogens is 316 g/mol. The molecule has 1 aromatic rings. The molecule has 2 rings (SSSR count). The van der Waals surface area contributed by atoms with Crippen LogP contribution >= 0.6 is 11.8 Å². The maximum atomic E-state index is 11.6. The Labute approximate surface area is 138 Å². The summed E-state index contributed by atoms with van der Waals surface area (Å²) in [6.07, 6.45) is 8.88. The number of likely N-dealkylation sites (N-methyl/N-ethyl adjacent to an activating group) is 1. The Hall–Kier alpha value is -2.22. The molecule has 1 aliphatic heterocycles. The molecule has 0 aromatic carbocycles. The number of dihydropyridines is 1. The van der Waals surface area contributed by atoms with E-state index in [-0.39, 0.29) is 24.4 Å². The van der Waals surface area contributed by atoms with Crippen LogP contribution in [0.15, 0.2) is 34.6 Å². The minimum Gasteiger partial charge on any atom is -0.463 e. The molecule has 122 valence electrons. The number of rotatable bonds is 8. The lowest BCUT2D eigenvalue weighted by Crippen LogP contribution is -2.23. The van der Waals surface area contributed by atoms with Crippen LogP contribution in [-0.4, -0.2) is 59.4 Å². The molecule has 23 heavy (non-hydrogen) atoms. The van der Waals surface area contributed by atoms with Crippen molar-refractivity contribution in [2.24, 2.45) is 4.99 Å². The zero-order chi connectivity index (χ0) is 16.5. The van der Waals surface area contributed by atoms with Crippen LogP contribution in [0, 0.1) is 0 Å². The Morgan fingerprint density at radius 2 is 2.43 bits per heavy atom. The molecule has 1 atom stereocenters. The highest BCUT2D eigenvalue weighted by molar-refractivity contribution is 7.99. The summed E-state index contributed by atoms with van der Waals surface area (Å²) in [4.78, 5) is 36.4. The average Bonchev–Trinajstić information content (AvgIpc) is 2.61. The lowest BCUT2D eigenvalue weighted by atomic mass is 10.1. The van der Waals surface area contributed by atoms with Gasteiger partial charge in [0, 0.05) is 19.5 Å². The highest BCUT2D eigenvalue weighted by Crippen LogP contribution is 2.23. The lowest BCUT2D eigenvalue weighted by Gasteiger charge is -2.12. The van der Waals surface area contributed by atoms with Gasteiger partial charge in [-0.3, -0.25) is 14.6 Å². The third-order valence-electron chi connectivity index (χ3n) is 3.05. The van der Waals surface area contributed by atoms with E-state index >= 15 is 0 Å².